The highest BCUT2D eigenvalue weighted by molar-refractivity contribution is 7.74. The Morgan fingerprint density at radius 2 is 1.45 bits per heavy atom. The van der Waals surface area contributed by atoms with Gasteiger partial charge in [0.05, 0.1) is 19.6 Å². The highest BCUT2D eigenvalue weighted by Gasteiger charge is 2.31. The molecule has 0 radical (unpaired) electrons. The van der Waals surface area contributed by atoms with Crippen LogP contribution in [0.1, 0.15) is 13.3 Å². The molecule has 0 amide bonds. The molecule has 0 spiro atoms. The topological polar surface area (TPSA) is 52.6 Å². The minimum atomic E-state index is -3.25. The highest BCUT2D eigenvalue weighted by atomic mass is 31.2. The average molecular weight is 318 g/mol. The van der Waals surface area contributed by atoms with Crippen LogP contribution in [0.2, 0.25) is 0 Å². The fourth-order valence-corrected chi connectivity index (χ4v) is 4.38. The van der Waals surface area contributed by atoms with Crippen LogP contribution < -0.4 is 10.6 Å². The monoisotopic (exact) mass is 318 g/mol. The zero-order chi connectivity index (χ0) is 16.0. The summed E-state index contributed by atoms with van der Waals surface area (Å²) in [7, 11) is -1.93. The molecule has 5 heteroatoms. The number of hydrogen-bond donors (Lipinski definition) is 0. The third kappa shape index (κ3) is 3.85. The van der Waals surface area contributed by atoms with Gasteiger partial charge in [-0.05, 0) is 31.2 Å². The van der Waals surface area contributed by atoms with E-state index in [4.69, 9.17) is 4.52 Å². The van der Waals surface area contributed by atoms with Crippen LogP contribution in [0, 0.1) is 0 Å². The Hall–Kier alpha value is -1.90. The van der Waals surface area contributed by atoms with Crippen molar-refractivity contribution in [1.82, 2.24) is 0 Å². The molecule has 0 aliphatic carbocycles. The molecule has 2 aromatic rings. The number of methoxy groups -OCH3 is 1. The van der Waals surface area contributed by atoms with Gasteiger partial charge in [-0.3, -0.25) is 9.36 Å². The van der Waals surface area contributed by atoms with Crippen LogP contribution in [-0.4, -0.2) is 19.2 Å². The van der Waals surface area contributed by atoms with Crippen molar-refractivity contribution in [3.8, 4) is 0 Å². The number of benzene rings is 2. The maximum Gasteiger partial charge on any atom is 0.308 e. The molecule has 2 rings (SSSR count). The molecule has 0 fully saturated rings. The maximum absolute atomic E-state index is 13.5. The van der Waals surface area contributed by atoms with Crippen LogP contribution in [0.4, 0.5) is 0 Å². The first kappa shape index (κ1) is 16.5. The molecule has 2 aromatic carbocycles. The molecule has 0 N–H and O–H groups in total. The number of carbonyl (C=O) groups excluding carboxylic acids is 1. The summed E-state index contributed by atoms with van der Waals surface area (Å²) in [4.78, 5) is 11.4. The second kappa shape index (κ2) is 7.39. The lowest BCUT2D eigenvalue weighted by Gasteiger charge is -2.23. The van der Waals surface area contributed by atoms with Crippen molar-refractivity contribution < 1.29 is 18.6 Å². The molecular weight excluding hydrogens is 299 g/mol. The fourth-order valence-electron chi connectivity index (χ4n) is 2.13. The van der Waals surface area contributed by atoms with Crippen molar-refractivity contribution >= 4 is 23.9 Å². The van der Waals surface area contributed by atoms with Crippen molar-refractivity contribution in [2.45, 2.75) is 19.4 Å². The molecule has 0 saturated heterocycles. The van der Waals surface area contributed by atoms with Gasteiger partial charge >= 0.3 is 5.97 Å². The van der Waals surface area contributed by atoms with E-state index in [2.05, 4.69) is 4.74 Å². The average Bonchev–Trinajstić information content (AvgIpc) is 2.56. The lowest BCUT2D eigenvalue weighted by molar-refractivity contribution is -0.142. The molecule has 0 saturated carbocycles. The summed E-state index contributed by atoms with van der Waals surface area (Å²) in [6.07, 6.45) is -0.459. The Bertz CT molecular complexity index is 611. The van der Waals surface area contributed by atoms with E-state index < -0.39 is 13.5 Å². The van der Waals surface area contributed by atoms with E-state index in [0.29, 0.717) is 10.6 Å². The third-order valence-corrected chi connectivity index (χ3v) is 5.82. The van der Waals surface area contributed by atoms with Gasteiger partial charge in [-0.2, -0.15) is 0 Å². The van der Waals surface area contributed by atoms with E-state index in [1.807, 2.05) is 36.4 Å². The standard InChI is InChI=1S/C17H19O4P/c1-14(13-17(18)20-2)21-22(19,15-9-5-3-6-10-15)16-11-7-4-8-12-16/h3-12,14H,13H2,1-2H3. The summed E-state index contributed by atoms with van der Waals surface area (Å²) >= 11 is 0. The minimum Gasteiger partial charge on any atom is -0.469 e. The summed E-state index contributed by atoms with van der Waals surface area (Å²) < 4.78 is 24.0. The number of carbonyl (C=O) groups is 1. The Morgan fingerprint density at radius 1 is 1.00 bits per heavy atom. The van der Waals surface area contributed by atoms with Crippen LogP contribution >= 0.6 is 7.37 Å². The lowest BCUT2D eigenvalue weighted by atomic mass is 10.3. The summed E-state index contributed by atoms with van der Waals surface area (Å²) in [5.74, 6) is -0.389. The van der Waals surface area contributed by atoms with Crippen molar-refractivity contribution in [1.29, 1.82) is 0 Å². The largest absolute Gasteiger partial charge is 0.469 e. The van der Waals surface area contributed by atoms with Gasteiger partial charge in [0.1, 0.15) is 0 Å². The summed E-state index contributed by atoms with van der Waals surface area (Å²) in [5.41, 5.74) is 0. The van der Waals surface area contributed by atoms with Gasteiger partial charge in [-0.25, -0.2) is 0 Å². The summed E-state index contributed by atoms with van der Waals surface area (Å²) in [5, 5.41) is 1.22. The van der Waals surface area contributed by atoms with Crippen molar-refractivity contribution in [2.75, 3.05) is 7.11 Å². The summed E-state index contributed by atoms with van der Waals surface area (Å²) in [6, 6.07) is 18.1. The molecule has 0 aromatic heterocycles. The number of esters is 1. The van der Waals surface area contributed by atoms with E-state index in [1.165, 1.54) is 7.11 Å². The Labute approximate surface area is 130 Å². The van der Waals surface area contributed by atoms with E-state index in [1.54, 1.807) is 31.2 Å². The zero-order valence-corrected chi connectivity index (χ0v) is 13.5. The van der Waals surface area contributed by atoms with Gasteiger partial charge in [0.2, 0.25) is 0 Å². The van der Waals surface area contributed by atoms with Crippen molar-refractivity contribution in [2.24, 2.45) is 0 Å². The van der Waals surface area contributed by atoms with Gasteiger partial charge in [0.15, 0.2) is 0 Å². The SMILES string of the molecule is COC(=O)CC(C)OP(=O)(c1ccccc1)c1ccccc1. The predicted octanol–water partition coefficient (Wildman–Crippen LogP) is 2.88. The van der Waals surface area contributed by atoms with Gasteiger partial charge < -0.3 is 9.26 Å². The molecule has 0 bridgehead atoms. The van der Waals surface area contributed by atoms with E-state index in [9.17, 15) is 9.36 Å². The van der Waals surface area contributed by atoms with Crippen LogP contribution in [-0.2, 0) is 18.6 Å². The Kier molecular flexibility index (Phi) is 5.53. The first-order chi connectivity index (χ1) is 10.6. The minimum absolute atomic E-state index is 0.0557. The quantitative estimate of drug-likeness (QED) is 0.607. The van der Waals surface area contributed by atoms with E-state index in [-0.39, 0.29) is 12.4 Å². The van der Waals surface area contributed by atoms with E-state index in [0.717, 1.165) is 0 Å². The maximum atomic E-state index is 13.5. The molecule has 4 nitrogen and oxygen atoms in total. The predicted molar refractivity (Wildman–Crippen MR) is 86.9 cm³/mol. The third-order valence-electron chi connectivity index (χ3n) is 3.20. The molecule has 0 heterocycles. The van der Waals surface area contributed by atoms with Crippen molar-refractivity contribution in [3.05, 3.63) is 60.7 Å². The van der Waals surface area contributed by atoms with Gasteiger partial charge in [0, 0.05) is 10.6 Å². The Morgan fingerprint density at radius 3 is 1.86 bits per heavy atom. The van der Waals surface area contributed by atoms with E-state index >= 15 is 0 Å². The molecule has 0 aliphatic rings. The first-order valence-electron chi connectivity index (χ1n) is 7.03. The van der Waals surface area contributed by atoms with Crippen LogP contribution in [0.5, 0.6) is 0 Å². The van der Waals surface area contributed by atoms with Gasteiger partial charge in [0.25, 0.3) is 7.37 Å². The highest BCUT2D eigenvalue weighted by Crippen LogP contribution is 2.46. The molecular formula is C17H19O4P. The second-order valence-corrected chi connectivity index (χ2v) is 7.27. The second-order valence-electron chi connectivity index (χ2n) is 4.92. The van der Waals surface area contributed by atoms with Gasteiger partial charge in [-0.15, -0.1) is 0 Å². The normalized spacial score (nSPS) is 12.6. The number of rotatable bonds is 6. The molecule has 1 unspecified atom stereocenters. The smallest absolute Gasteiger partial charge is 0.308 e. The van der Waals surface area contributed by atoms with Gasteiger partial charge in [-0.1, -0.05) is 36.4 Å². The van der Waals surface area contributed by atoms with Crippen LogP contribution in [0.15, 0.2) is 60.7 Å². The molecule has 22 heavy (non-hydrogen) atoms. The Balaban J connectivity index is 2.35. The van der Waals surface area contributed by atoms with Crippen LogP contribution in [0.25, 0.3) is 0 Å². The molecule has 0 aliphatic heterocycles. The zero-order valence-electron chi connectivity index (χ0n) is 12.6. The van der Waals surface area contributed by atoms with Crippen molar-refractivity contribution in [3.63, 3.8) is 0 Å². The molecule has 1 atom stereocenters. The first-order valence-corrected chi connectivity index (χ1v) is 8.65. The lowest BCUT2D eigenvalue weighted by Crippen LogP contribution is -2.23. The summed E-state index contributed by atoms with van der Waals surface area (Å²) in [6.45, 7) is 1.72. The molecule has 116 valence electrons. The van der Waals surface area contributed by atoms with Crippen LogP contribution in [0.3, 0.4) is 0 Å². The fraction of sp³-hybridized carbons (Fsp3) is 0.235. The number of hydrogen-bond acceptors (Lipinski definition) is 4. The number of ether oxygens (including phenoxy) is 1.